The molecule has 0 radical (unpaired) electrons. The van der Waals surface area contributed by atoms with Gasteiger partial charge >= 0.3 is 12.0 Å². The lowest BCUT2D eigenvalue weighted by Crippen LogP contribution is -2.47. The molecule has 220 valence electrons. The van der Waals surface area contributed by atoms with Crippen LogP contribution in [0.15, 0.2) is 66.7 Å². The van der Waals surface area contributed by atoms with Crippen molar-refractivity contribution in [3.05, 3.63) is 82.9 Å². The number of para-hydroxylation sites is 1. The van der Waals surface area contributed by atoms with E-state index >= 15 is 0 Å². The lowest BCUT2D eigenvalue weighted by atomic mass is 9.84. The number of carboxylic acid groups (broad SMARTS) is 1. The largest absolute Gasteiger partial charge is 0.495 e. The quantitative estimate of drug-likeness (QED) is 0.222. The van der Waals surface area contributed by atoms with E-state index in [1.165, 1.54) is 32.1 Å². The fourth-order valence-electron chi connectivity index (χ4n) is 5.87. The molecule has 0 spiro atoms. The van der Waals surface area contributed by atoms with Gasteiger partial charge in [0.1, 0.15) is 11.5 Å². The smallest absolute Gasteiger partial charge is 0.335 e. The SMILES string of the molecule is COc1cc(CC(=O)C(Oc2ccc(C(=O)O)cc2)[C@@H]2CC3CCCCC3N2)ccc1NC(=O)Nc1ccccc1Cl. The predicted molar refractivity (Wildman–Crippen MR) is 161 cm³/mol. The van der Waals surface area contributed by atoms with Gasteiger partial charge in [-0.3, -0.25) is 4.79 Å². The second kappa shape index (κ2) is 13.3. The van der Waals surface area contributed by atoms with E-state index in [4.69, 9.17) is 21.1 Å². The molecule has 4 N–H and O–H groups in total. The number of anilines is 2. The maximum atomic E-state index is 13.8. The number of amides is 2. The molecule has 2 fully saturated rings. The summed E-state index contributed by atoms with van der Waals surface area (Å²) in [4.78, 5) is 37.7. The monoisotopic (exact) mass is 591 g/mol. The number of nitrogens with one attached hydrogen (secondary N) is 3. The number of rotatable bonds is 10. The number of fused-ring (bicyclic) bond motifs is 1. The molecule has 1 aliphatic heterocycles. The minimum Gasteiger partial charge on any atom is -0.495 e. The number of benzene rings is 3. The van der Waals surface area contributed by atoms with Crippen LogP contribution in [0.25, 0.3) is 0 Å². The fourth-order valence-corrected chi connectivity index (χ4v) is 6.06. The Morgan fingerprint density at radius 1 is 1.00 bits per heavy atom. The molecule has 42 heavy (non-hydrogen) atoms. The van der Waals surface area contributed by atoms with E-state index in [2.05, 4.69) is 16.0 Å². The Morgan fingerprint density at radius 2 is 1.74 bits per heavy atom. The highest BCUT2D eigenvalue weighted by Crippen LogP contribution is 2.35. The van der Waals surface area contributed by atoms with Crippen LogP contribution in [-0.2, 0) is 11.2 Å². The minimum absolute atomic E-state index is 0.0911. The molecule has 3 aromatic carbocycles. The molecular weight excluding hydrogens is 558 g/mol. The average molecular weight is 592 g/mol. The molecule has 2 amide bonds. The first-order valence-corrected chi connectivity index (χ1v) is 14.5. The number of methoxy groups -OCH3 is 1. The van der Waals surface area contributed by atoms with Crippen molar-refractivity contribution < 1.29 is 29.0 Å². The van der Waals surface area contributed by atoms with E-state index < -0.39 is 18.1 Å². The van der Waals surface area contributed by atoms with Crippen LogP contribution in [0, 0.1) is 5.92 Å². The average Bonchev–Trinajstić information content (AvgIpc) is 3.42. The van der Waals surface area contributed by atoms with Crippen molar-refractivity contribution in [3.8, 4) is 11.5 Å². The van der Waals surface area contributed by atoms with Crippen LogP contribution in [-0.4, -0.2) is 48.2 Å². The van der Waals surface area contributed by atoms with Gasteiger partial charge in [-0.15, -0.1) is 0 Å². The van der Waals surface area contributed by atoms with Gasteiger partial charge in [-0.25, -0.2) is 9.59 Å². The molecule has 3 aromatic rings. The van der Waals surface area contributed by atoms with Crippen LogP contribution in [0.3, 0.4) is 0 Å². The number of carboxylic acids is 1. The summed E-state index contributed by atoms with van der Waals surface area (Å²) in [6, 6.07) is 18.0. The summed E-state index contributed by atoms with van der Waals surface area (Å²) in [5, 5.41) is 18.8. The Hall–Kier alpha value is -4.08. The molecule has 1 heterocycles. The zero-order chi connectivity index (χ0) is 29.6. The zero-order valence-electron chi connectivity index (χ0n) is 23.3. The first-order chi connectivity index (χ1) is 20.3. The second-order valence-corrected chi connectivity index (χ2v) is 11.2. The molecule has 0 aromatic heterocycles. The lowest BCUT2D eigenvalue weighted by Gasteiger charge is -2.26. The number of ketones is 1. The van der Waals surface area contributed by atoms with E-state index in [0.717, 1.165) is 19.3 Å². The topological polar surface area (TPSA) is 126 Å². The molecule has 0 bridgehead atoms. The molecule has 2 aliphatic rings. The fraction of sp³-hybridized carbons (Fsp3) is 0.344. The number of halogens is 1. The Bertz CT molecular complexity index is 1430. The van der Waals surface area contributed by atoms with Gasteiger partial charge in [0.15, 0.2) is 11.9 Å². The lowest BCUT2D eigenvalue weighted by molar-refractivity contribution is -0.126. The third-order valence-corrected chi connectivity index (χ3v) is 8.29. The van der Waals surface area contributed by atoms with E-state index in [-0.39, 0.29) is 23.8 Å². The summed E-state index contributed by atoms with van der Waals surface area (Å²) in [6.45, 7) is 0. The standard InChI is InChI=1S/C32H34ClN3O6/c1-41-29-17-19(10-15-26(29)36-32(40)35-25-9-5-3-7-23(25)33)16-28(37)30(27-18-21-6-2-4-8-24(21)34-27)42-22-13-11-20(12-14-22)31(38)39/h3,5,7,9-15,17,21,24,27,30,34H,2,4,6,8,16,18H2,1H3,(H,38,39)(H2,35,36,40)/t21?,24?,27-,30?/m0/s1. The summed E-state index contributed by atoms with van der Waals surface area (Å²) >= 11 is 6.14. The van der Waals surface area contributed by atoms with Gasteiger partial charge in [-0.05, 0) is 79.3 Å². The Morgan fingerprint density at radius 3 is 2.45 bits per heavy atom. The summed E-state index contributed by atoms with van der Waals surface area (Å²) in [5.41, 5.74) is 1.77. The van der Waals surface area contributed by atoms with Gasteiger partial charge in [-0.1, -0.05) is 42.6 Å². The van der Waals surface area contributed by atoms with Crippen LogP contribution < -0.4 is 25.4 Å². The maximum Gasteiger partial charge on any atom is 0.335 e. The predicted octanol–water partition coefficient (Wildman–Crippen LogP) is 6.17. The van der Waals surface area contributed by atoms with E-state index in [0.29, 0.717) is 45.4 Å². The molecule has 4 atom stereocenters. The Kier molecular flexibility index (Phi) is 9.29. The van der Waals surface area contributed by atoms with Gasteiger partial charge in [0.25, 0.3) is 0 Å². The third-order valence-electron chi connectivity index (χ3n) is 7.96. The zero-order valence-corrected chi connectivity index (χ0v) is 24.0. The number of carbonyl (C=O) groups excluding carboxylic acids is 2. The van der Waals surface area contributed by atoms with Gasteiger partial charge < -0.3 is 30.5 Å². The van der Waals surface area contributed by atoms with Crippen LogP contribution in [0.1, 0.15) is 48.0 Å². The summed E-state index contributed by atoms with van der Waals surface area (Å²) in [5.74, 6) is 0.231. The molecule has 1 aliphatic carbocycles. The van der Waals surface area contributed by atoms with Crippen LogP contribution in [0.5, 0.6) is 11.5 Å². The molecule has 9 nitrogen and oxygen atoms in total. The first kappa shape index (κ1) is 29.4. The van der Waals surface area contributed by atoms with Gasteiger partial charge in [-0.2, -0.15) is 0 Å². The van der Waals surface area contributed by atoms with Crippen molar-refractivity contribution in [2.45, 2.75) is 56.7 Å². The Balaban J connectivity index is 1.30. The molecular formula is C32H34ClN3O6. The van der Waals surface area contributed by atoms with Crippen LogP contribution in [0.4, 0.5) is 16.2 Å². The minimum atomic E-state index is -1.02. The molecule has 1 saturated heterocycles. The second-order valence-electron chi connectivity index (χ2n) is 10.8. The summed E-state index contributed by atoms with van der Waals surface area (Å²) < 4.78 is 11.8. The number of carbonyl (C=O) groups is 3. The highest BCUT2D eigenvalue weighted by molar-refractivity contribution is 6.33. The van der Waals surface area contributed by atoms with Crippen molar-refractivity contribution in [2.24, 2.45) is 5.92 Å². The van der Waals surface area contributed by atoms with E-state index in [1.807, 2.05) is 0 Å². The van der Waals surface area contributed by atoms with Crippen LogP contribution >= 0.6 is 11.6 Å². The van der Waals surface area contributed by atoms with Gasteiger partial charge in [0.05, 0.1) is 35.1 Å². The van der Waals surface area contributed by atoms with Crippen molar-refractivity contribution in [3.63, 3.8) is 0 Å². The molecule has 10 heteroatoms. The number of ether oxygens (including phenoxy) is 2. The third kappa shape index (κ3) is 7.03. The maximum absolute atomic E-state index is 13.8. The highest BCUT2D eigenvalue weighted by Gasteiger charge is 2.42. The number of aromatic carboxylic acids is 1. The van der Waals surface area contributed by atoms with E-state index in [1.54, 1.807) is 54.6 Å². The Labute approximate surface area is 249 Å². The summed E-state index contributed by atoms with van der Waals surface area (Å²) in [6.07, 6.45) is 4.78. The molecule has 5 rings (SSSR count). The normalized spacial score (nSPS) is 20.2. The number of hydrogen-bond acceptors (Lipinski definition) is 6. The van der Waals surface area contributed by atoms with Gasteiger partial charge in [0, 0.05) is 12.5 Å². The number of Topliss-reactive ketones (excluding diaryl/α,β-unsaturated/α-hetero) is 1. The molecule has 3 unspecified atom stereocenters. The van der Waals surface area contributed by atoms with Crippen LogP contribution in [0.2, 0.25) is 5.02 Å². The van der Waals surface area contributed by atoms with Gasteiger partial charge in [0.2, 0.25) is 0 Å². The highest BCUT2D eigenvalue weighted by atomic mass is 35.5. The first-order valence-electron chi connectivity index (χ1n) is 14.1. The summed E-state index contributed by atoms with van der Waals surface area (Å²) in [7, 11) is 1.50. The van der Waals surface area contributed by atoms with Crippen molar-refractivity contribution in [1.82, 2.24) is 5.32 Å². The van der Waals surface area contributed by atoms with Crippen molar-refractivity contribution >= 4 is 40.8 Å². The van der Waals surface area contributed by atoms with E-state index in [9.17, 15) is 19.5 Å². The number of urea groups is 1. The number of hydrogen-bond donors (Lipinski definition) is 4. The van der Waals surface area contributed by atoms with Crippen molar-refractivity contribution in [2.75, 3.05) is 17.7 Å². The molecule has 1 saturated carbocycles. The van der Waals surface area contributed by atoms with Crippen molar-refractivity contribution in [1.29, 1.82) is 0 Å².